The summed E-state index contributed by atoms with van der Waals surface area (Å²) >= 11 is 11.7. The number of aliphatic hydroxyl groups is 1. The van der Waals surface area contributed by atoms with Crippen LogP contribution in [-0.4, -0.2) is 36.3 Å². The highest BCUT2D eigenvalue weighted by Gasteiger charge is 2.22. The summed E-state index contributed by atoms with van der Waals surface area (Å²) in [6.45, 7) is 3.48. The van der Waals surface area contributed by atoms with Gasteiger partial charge in [-0.1, -0.05) is 29.3 Å². The van der Waals surface area contributed by atoms with E-state index in [1.165, 1.54) is 6.21 Å². The highest BCUT2D eigenvalue weighted by atomic mass is 35.5. The van der Waals surface area contributed by atoms with Crippen molar-refractivity contribution in [2.75, 3.05) is 13.2 Å². The van der Waals surface area contributed by atoms with E-state index in [-0.39, 0.29) is 19.0 Å². The zero-order valence-corrected chi connectivity index (χ0v) is 14.6. The number of carbonyl (C=O) groups excluding carboxylic acids is 1. The number of ether oxygens (including phenoxy) is 2. The molecule has 0 fully saturated rings. The van der Waals surface area contributed by atoms with Gasteiger partial charge in [-0.25, -0.2) is 4.79 Å². The molecular weight excluding hydrogens is 357 g/mol. The van der Waals surface area contributed by atoms with Crippen LogP contribution in [0.2, 0.25) is 10.0 Å². The van der Waals surface area contributed by atoms with Crippen LogP contribution in [0.4, 0.5) is 0 Å². The fourth-order valence-electron chi connectivity index (χ4n) is 1.51. The summed E-state index contributed by atoms with van der Waals surface area (Å²) in [4.78, 5) is 11.9. The molecule has 1 rings (SSSR count). The molecule has 7 nitrogen and oxygen atoms in total. The Morgan fingerprint density at radius 1 is 1.25 bits per heavy atom. The largest absolute Gasteiger partial charge is 0.480 e. The third-order valence-corrected chi connectivity index (χ3v) is 3.29. The zero-order chi connectivity index (χ0) is 18.1. The van der Waals surface area contributed by atoms with E-state index in [0.29, 0.717) is 15.6 Å². The Bertz CT molecular complexity index is 687. The van der Waals surface area contributed by atoms with Gasteiger partial charge < -0.3 is 20.3 Å². The second-order valence-electron chi connectivity index (χ2n) is 4.24. The van der Waals surface area contributed by atoms with E-state index in [0.717, 1.165) is 0 Å². The van der Waals surface area contributed by atoms with Gasteiger partial charge in [-0.3, -0.25) is 0 Å². The molecule has 0 saturated heterocycles. The molecule has 0 spiro atoms. The van der Waals surface area contributed by atoms with Crippen molar-refractivity contribution >= 4 is 41.2 Å². The molecular formula is C15H17Cl2N3O4. The van der Waals surface area contributed by atoms with Crippen LogP contribution >= 0.6 is 23.2 Å². The highest BCUT2D eigenvalue weighted by Crippen LogP contribution is 2.21. The van der Waals surface area contributed by atoms with Gasteiger partial charge in [0.2, 0.25) is 0 Å². The second-order valence-corrected chi connectivity index (χ2v) is 5.05. The number of esters is 1. The van der Waals surface area contributed by atoms with Gasteiger partial charge in [-0.15, -0.1) is 5.10 Å². The molecule has 0 radical (unpaired) electrons. The molecule has 0 heterocycles. The number of rotatable bonds is 7. The molecule has 0 aromatic heterocycles. The predicted molar refractivity (Wildman–Crippen MR) is 93.6 cm³/mol. The first-order chi connectivity index (χ1) is 11.4. The first kappa shape index (κ1) is 19.8. The lowest BCUT2D eigenvalue weighted by Gasteiger charge is -2.08. The van der Waals surface area contributed by atoms with Crippen LogP contribution in [-0.2, 0) is 14.3 Å². The number of benzene rings is 1. The van der Waals surface area contributed by atoms with Crippen molar-refractivity contribution in [1.82, 2.24) is 0 Å². The van der Waals surface area contributed by atoms with Crippen molar-refractivity contribution in [3.63, 3.8) is 0 Å². The Morgan fingerprint density at radius 2 is 1.92 bits per heavy atom. The maximum absolute atomic E-state index is 11.9. The number of amidine groups is 1. The smallest absolute Gasteiger partial charge is 0.349 e. The van der Waals surface area contributed by atoms with Gasteiger partial charge in [0.25, 0.3) is 5.95 Å². The number of nitrogens with two attached hydrogens (primary N) is 1. The molecule has 9 heteroatoms. The SMILES string of the molecule is CCOC(=O)C(C(N)=NN=Cc1ccc(Cl)c(Cl)c1)=C(O)OCC. The summed E-state index contributed by atoms with van der Waals surface area (Å²) in [5, 5.41) is 18.0. The first-order valence-corrected chi connectivity index (χ1v) is 7.71. The van der Waals surface area contributed by atoms with E-state index in [2.05, 4.69) is 10.2 Å². The van der Waals surface area contributed by atoms with E-state index in [1.807, 2.05) is 0 Å². The van der Waals surface area contributed by atoms with E-state index in [1.54, 1.807) is 32.0 Å². The van der Waals surface area contributed by atoms with Crippen LogP contribution in [0.25, 0.3) is 0 Å². The van der Waals surface area contributed by atoms with Crippen LogP contribution in [0, 0.1) is 0 Å². The molecule has 0 unspecified atom stereocenters. The van der Waals surface area contributed by atoms with Crippen LogP contribution in [0.5, 0.6) is 0 Å². The number of hydrogen-bond acceptors (Lipinski definition) is 6. The van der Waals surface area contributed by atoms with Crippen molar-refractivity contribution in [1.29, 1.82) is 0 Å². The standard InChI is InChI=1S/C15H17Cl2N3O4/c1-3-23-14(21)12(15(22)24-4-2)13(18)20-19-8-9-5-6-10(16)11(17)7-9/h5-8,21H,3-4H2,1-2H3,(H2,18,20). The molecule has 1 aromatic rings. The summed E-state index contributed by atoms with van der Waals surface area (Å²) in [6.07, 6.45) is 1.36. The van der Waals surface area contributed by atoms with Crippen molar-refractivity contribution < 1.29 is 19.4 Å². The molecule has 24 heavy (non-hydrogen) atoms. The summed E-state index contributed by atoms with van der Waals surface area (Å²) in [5.41, 5.74) is 5.91. The summed E-state index contributed by atoms with van der Waals surface area (Å²) < 4.78 is 9.68. The zero-order valence-electron chi connectivity index (χ0n) is 13.1. The van der Waals surface area contributed by atoms with Crippen LogP contribution < -0.4 is 5.73 Å². The highest BCUT2D eigenvalue weighted by molar-refractivity contribution is 6.42. The van der Waals surface area contributed by atoms with Gasteiger partial charge in [0.05, 0.1) is 29.5 Å². The molecule has 0 bridgehead atoms. The third kappa shape index (κ3) is 5.75. The van der Waals surface area contributed by atoms with E-state index >= 15 is 0 Å². The molecule has 0 aliphatic carbocycles. The van der Waals surface area contributed by atoms with Crippen LogP contribution in [0.1, 0.15) is 19.4 Å². The average Bonchev–Trinajstić information content (AvgIpc) is 2.51. The van der Waals surface area contributed by atoms with Crippen LogP contribution in [0.15, 0.2) is 39.9 Å². The lowest BCUT2D eigenvalue weighted by atomic mass is 10.2. The number of halogens is 2. The quantitative estimate of drug-likeness (QED) is 0.191. The Hall–Kier alpha value is -2.25. The normalized spacial score (nSPS) is 12.9. The molecule has 130 valence electrons. The Morgan fingerprint density at radius 3 is 2.50 bits per heavy atom. The Labute approximate surface area is 149 Å². The van der Waals surface area contributed by atoms with Crippen molar-refractivity contribution in [2.45, 2.75) is 13.8 Å². The molecule has 3 N–H and O–H groups in total. The van der Waals surface area contributed by atoms with Crippen LogP contribution in [0.3, 0.4) is 0 Å². The molecule has 1 aromatic carbocycles. The molecule has 0 saturated carbocycles. The molecule has 0 aliphatic rings. The third-order valence-electron chi connectivity index (χ3n) is 2.55. The van der Waals surface area contributed by atoms with E-state index < -0.39 is 17.5 Å². The Kier molecular flexibility index (Phi) is 8.08. The maximum atomic E-state index is 11.9. The topological polar surface area (TPSA) is 107 Å². The predicted octanol–water partition coefficient (Wildman–Crippen LogP) is 3.05. The minimum Gasteiger partial charge on any atom is -0.480 e. The minimum atomic E-state index is -0.866. The summed E-state index contributed by atoms with van der Waals surface area (Å²) in [5.74, 6) is -1.90. The number of carbonyl (C=O) groups is 1. The molecule has 0 amide bonds. The fourth-order valence-corrected chi connectivity index (χ4v) is 1.82. The number of hydrogen-bond donors (Lipinski definition) is 2. The number of nitrogens with zero attached hydrogens (tertiary/aromatic N) is 2. The maximum Gasteiger partial charge on any atom is 0.349 e. The van der Waals surface area contributed by atoms with Gasteiger partial charge in [-0.2, -0.15) is 5.10 Å². The van der Waals surface area contributed by atoms with E-state index in [9.17, 15) is 9.90 Å². The van der Waals surface area contributed by atoms with Gasteiger partial charge in [0.15, 0.2) is 11.4 Å². The monoisotopic (exact) mass is 373 g/mol. The summed E-state index contributed by atoms with van der Waals surface area (Å²) in [6, 6.07) is 4.85. The van der Waals surface area contributed by atoms with Gasteiger partial charge in [-0.05, 0) is 31.5 Å². The van der Waals surface area contributed by atoms with Gasteiger partial charge in [0, 0.05) is 0 Å². The molecule has 0 aliphatic heterocycles. The van der Waals surface area contributed by atoms with Crippen molar-refractivity contribution in [3.8, 4) is 0 Å². The van der Waals surface area contributed by atoms with E-state index in [4.69, 9.17) is 38.4 Å². The second kappa shape index (κ2) is 9.79. The Balaban J connectivity index is 3.04. The van der Waals surface area contributed by atoms with Gasteiger partial charge >= 0.3 is 5.97 Å². The minimum absolute atomic E-state index is 0.0988. The van der Waals surface area contributed by atoms with Gasteiger partial charge in [0.1, 0.15) is 0 Å². The average molecular weight is 374 g/mol. The van der Waals surface area contributed by atoms with Crippen molar-refractivity contribution in [2.24, 2.45) is 15.9 Å². The molecule has 0 atom stereocenters. The van der Waals surface area contributed by atoms with Crippen molar-refractivity contribution in [3.05, 3.63) is 45.3 Å². The fraction of sp³-hybridized carbons (Fsp3) is 0.267. The lowest BCUT2D eigenvalue weighted by Crippen LogP contribution is -2.25. The first-order valence-electron chi connectivity index (χ1n) is 6.95. The summed E-state index contributed by atoms with van der Waals surface area (Å²) in [7, 11) is 0. The number of aliphatic hydroxyl groups excluding tert-OH is 1. The lowest BCUT2D eigenvalue weighted by molar-refractivity contribution is -0.138.